The SMILES string of the molecule is C1CCC(CN2CCN3CCCCC3C2)NC1. The predicted octanol–water partition coefficient (Wildman–Crippen LogP) is 1.30. The lowest BCUT2D eigenvalue weighted by atomic mass is 9.98. The molecule has 3 aliphatic rings. The summed E-state index contributed by atoms with van der Waals surface area (Å²) in [6.45, 7) is 7.85. The zero-order valence-electron chi connectivity index (χ0n) is 11.0. The molecular formula is C14H27N3. The molecule has 3 fully saturated rings. The van der Waals surface area contributed by atoms with Gasteiger partial charge in [0.05, 0.1) is 0 Å². The second-order valence-corrected chi connectivity index (χ2v) is 6.09. The Morgan fingerprint density at radius 1 is 0.941 bits per heavy atom. The molecule has 3 saturated heterocycles. The van der Waals surface area contributed by atoms with Gasteiger partial charge in [-0.3, -0.25) is 9.80 Å². The monoisotopic (exact) mass is 237 g/mol. The molecule has 0 spiro atoms. The predicted molar refractivity (Wildman–Crippen MR) is 71.3 cm³/mol. The van der Waals surface area contributed by atoms with Crippen molar-refractivity contribution in [2.75, 3.05) is 39.3 Å². The van der Waals surface area contributed by atoms with Crippen LogP contribution in [0.4, 0.5) is 0 Å². The average Bonchev–Trinajstić information content (AvgIpc) is 2.40. The third kappa shape index (κ3) is 3.01. The van der Waals surface area contributed by atoms with Crippen LogP contribution in [0.25, 0.3) is 0 Å². The van der Waals surface area contributed by atoms with E-state index >= 15 is 0 Å². The molecule has 3 rings (SSSR count). The summed E-state index contributed by atoms with van der Waals surface area (Å²) in [7, 11) is 0. The molecule has 0 amide bonds. The van der Waals surface area contributed by atoms with Crippen molar-refractivity contribution >= 4 is 0 Å². The number of piperazine rings is 1. The molecule has 17 heavy (non-hydrogen) atoms. The maximum atomic E-state index is 3.68. The van der Waals surface area contributed by atoms with Gasteiger partial charge in [-0.25, -0.2) is 0 Å². The van der Waals surface area contributed by atoms with E-state index in [-0.39, 0.29) is 0 Å². The van der Waals surface area contributed by atoms with Crippen molar-refractivity contribution in [3.05, 3.63) is 0 Å². The molecule has 3 heterocycles. The van der Waals surface area contributed by atoms with E-state index in [1.165, 1.54) is 77.8 Å². The number of rotatable bonds is 2. The van der Waals surface area contributed by atoms with Gasteiger partial charge in [-0.15, -0.1) is 0 Å². The fourth-order valence-electron chi connectivity index (χ4n) is 3.78. The zero-order chi connectivity index (χ0) is 11.5. The molecule has 0 aliphatic carbocycles. The highest BCUT2D eigenvalue weighted by Crippen LogP contribution is 2.21. The normalized spacial score (nSPS) is 36.7. The van der Waals surface area contributed by atoms with Crippen LogP contribution in [0.5, 0.6) is 0 Å². The highest BCUT2D eigenvalue weighted by Gasteiger charge is 2.29. The second kappa shape index (κ2) is 5.68. The molecule has 1 N–H and O–H groups in total. The van der Waals surface area contributed by atoms with Gasteiger partial charge in [0, 0.05) is 38.3 Å². The van der Waals surface area contributed by atoms with Crippen molar-refractivity contribution in [2.45, 2.75) is 50.6 Å². The fourth-order valence-corrected chi connectivity index (χ4v) is 3.78. The molecule has 0 saturated carbocycles. The van der Waals surface area contributed by atoms with Gasteiger partial charge in [0.1, 0.15) is 0 Å². The van der Waals surface area contributed by atoms with E-state index in [4.69, 9.17) is 0 Å². The lowest BCUT2D eigenvalue weighted by Gasteiger charge is -2.45. The van der Waals surface area contributed by atoms with Crippen molar-refractivity contribution in [1.29, 1.82) is 0 Å². The summed E-state index contributed by atoms with van der Waals surface area (Å²) in [6.07, 6.45) is 8.53. The maximum Gasteiger partial charge on any atom is 0.0223 e. The Morgan fingerprint density at radius 3 is 2.76 bits per heavy atom. The summed E-state index contributed by atoms with van der Waals surface area (Å²) in [6, 6.07) is 1.65. The molecule has 3 aliphatic heterocycles. The third-order valence-electron chi connectivity index (χ3n) is 4.81. The van der Waals surface area contributed by atoms with Gasteiger partial charge in [-0.1, -0.05) is 12.8 Å². The Kier molecular flexibility index (Phi) is 3.99. The minimum atomic E-state index is 0.777. The number of nitrogens with zero attached hydrogens (tertiary/aromatic N) is 2. The molecule has 0 aromatic rings. The van der Waals surface area contributed by atoms with Crippen LogP contribution in [0, 0.1) is 0 Å². The molecule has 2 unspecified atom stereocenters. The van der Waals surface area contributed by atoms with E-state index in [0.29, 0.717) is 0 Å². The molecule has 0 bridgehead atoms. The van der Waals surface area contributed by atoms with Crippen molar-refractivity contribution in [3.63, 3.8) is 0 Å². The van der Waals surface area contributed by atoms with Crippen LogP contribution >= 0.6 is 0 Å². The number of hydrogen-bond acceptors (Lipinski definition) is 3. The summed E-state index contributed by atoms with van der Waals surface area (Å²) in [4.78, 5) is 5.45. The first-order valence-electron chi connectivity index (χ1n) is 7.61. The summed E-state index contributed by atoms with van der Waals surface area (Å²) in [5.41, 5.74) is 0. The Bertz CT molecular complexity index is 236. The smallest absolute Gasteiger partial charge is 0.0223 e. The minimum Gasteiger partial charge on any atom is -0.313 e. The largest absolute Gasteiger partial charge is 0.313 e. The molecule has 2 atom stereocenters. The standard InChI is InChI=1S/C14H27N3/c1-3-7-15-13(5-1)11-16-9-10-17-8-4-2-6-14(17)12-16/h13-15H,1-12H2. The first-order chi connectivity index (χ1) is 8.42. The molecular weight excluding hydrogens is 210 g/mol. The number of nitrogens with one attached hydrogen (secondary N) is 1. The Morgan fingerprint density at radius 2 is 1.88 bits per heavy atom. The Labute approximate surface area is 106 Å². The van der Waals surface area contributed by atoms with Crippen LogP contribution in [0.3, 0.4) is 0 Å². The van der Waals surface area contributed by atoms with Gasteiger partial charge in [-0.05, 0) is 38.8 Å². The van der Waals surface area contributed by atoms with Crippen LogP contribution in [0.2, 0.25) is 0 Å². The number of fused-ring (bicyclic) bond motifs is 1. The summed E-state index contributed by atoms with van der Waals surface area (Å²) >= 11 is 0. The van der Waals surface area contributed by atoms with E-state index in [1.807, 2.05) is 0 Å². The van der Waals surface area contributed by atoms with Gasteiger partial charge in [0.25, 0.3) is 0 Å². The van der Waals surface area contributed by atoms with Gasteiger partial charge in [0.15, 0.2) is 0 Å². The fraction of sp³-hybridized carbons (Fsp3) is 1.00. The van der Waals surface area contributed by atoms with Crippen LogP contribution in [-0.4, -0.2) is 61.2 Å². The first kappa shape index (κ1) is 11.9. The van der Waals surface area contributed by atoms with Crippen LogP contribution in [0.15, 0.2) is 0 Å². The summed E-state index contributed by atoms with van der Waals surface area (Å²) in [5, 5.41) is 3.68. The molecule has 3 nitrogen and oxygen atoms in total. The van der Waals surface area contributed by atoms with E-state index in [2.05, 4.69) is 15.1 Å². The average molecular weight is 237 g/mol. The maximum absolute atomic E-state index is 3.68. The second-order valence-electron chi connectivity index (χ2n) is 6.09. The van der Waals surface area contributed by atoms with Gasteiger partial charge in [-0.2, -0.15) is 0 Å². The van der Waals surface area contributed by atoms with Crippen LogP contribution < -0.4 is 5.32 Å². The van der Waals surface area contributed by atoms with E-state index in [9.17, 15) is 0 Å². The van der Waals surface area contributed by atoms with Gasteiger partial charge in [0.2, 0.25) is 0 Å². The topological polar surface area (TPSA) is 18.5 Å². The van der Waals surface area contributed by atoms with E-state index < -0.39 is 0 Å². The summed E-state index contributed by atoms with van der Waals surface area (Å²) in [5.74, 6) is 0. The quantitative estimate of drug-likeness (QED) is 0.781. The molecule has 0 aromatic carbocycles. The highest BCUT2D eigenvalue weighted by atomic mass is 15.3. The molecule has 0 radical (unpaired) electrons. The highest BCUT2D eigenvalue weighted by molar-refractivity contribution is 4.87. The van der Waals surface area contributed by atoms with Crippen molar-refractivity contribution in [2.24, 2.45) is 0 Å². The molecule has 98 valence electrons. The zero-order valence-corrected chi connectivity index (χ0v) is 11.0. The van der Waals surface area contributed by atoms with E-state index in [1.54, 1.807) is 0 Å². The third-order valence-corrected chi connectivity index (χ3v) is 4.81. The Balaban J connectivity index is 1.48. The van der Waals surface area contributed by atoms with Crippen LogP contribution in [0.1, 0.15) is 38.5 Å². The van der Waals surface area contributed by atoms with Crippen LogP contribution in [-0.2, 0) is 0 Å². The summed E-state index contributed by atoms with van der Waals surface area (Å²) < 4.78 is 0. The first-order valence-corrected chi connectivity index (χ1v) is 7.61. The molecule has 3 heteroatoms. The lowest BCUT2D eigenvalue weighted by molar-refractivity contribution is 0.0432. The van der Waals surface area contributed by atoms with Crippen molar-refractivity contribution < 1.29 is 0 Å². The van der Waals surface area contributed by atoms with Crippen molar-refractivity contribution in [3.8, 4) is 0 Å². The lowest BCUT2D eigenvalue weighted by Crippen LogP contribution is -2.57. The number of piperidine rings is 2. The van der Waals surface area contributed by atoms with E-state index in [0.717, 1.165) is 12.1 Å². The minimum absolute atomic E-state index is 0.777. The van der Waals surface area contributed by atoms with Gasteiger partial charge < -0.3 is 5.32 Å². The Hall–Kier alpha value is -0.120. The van der Waals surface area contributed by atoms with Crippen molar-refractivity contribution in [1.82, 2.24) is 15.1 Å². The molecule has 0 aromatic heterocycles. The van der Waals surface area contributed by atoms with Gasteiger partial charge >= 0.3 is 0 Å². The number of hydrogen-bond donors (Lipinski definition) is 1.